The first-order valence-corrected chi connectivity index (χ1v) is 15.4. The Morgan fingerprint density at radius 1 is 0.657 bits per heavy atom. The van der Waals surface area contributed by atoms with Crippen LogP contribution < -0.4 is 0 Å². The van der Waals surface area contributed by atoms with Gasteiger partial charge in [-0.15, -0.1) is 0 Å². The summed E-state index contributed by atoms with van der Waals surface area (Å²) in [5.74, 6) is 1.07. The Kier molecular flexibility index (Phi) is 19.6. The highest BCUT2D eigenvalue weighted by Crippen LogP contribution is 2.22. The largest absolute Gasteiger partial charge is 0.229 e. The molecule has 0 spiro atoms. The molecule has 0 unspecified atom stereocenters. The van der Waals surface area contributed by atoms with Gasteiger partial charge in [0.15, 0.2) is 0 Å². The summed E-state index contributed by atoms with van der Waals surface area (Å²) in [6, 6.07) is 16.6. The molecule has 0 fully saturated rings. The lowest BCUT2D eigenvalue weighted by molar-refractivity contribution is 0.597. The number of nitriles is 2. The normalized spacial score (nSPS) is 10.1. The fraction of sp³-hybridized carbons (Fsp3) is 0.417. The van der Waals surface area contributed by atoms with Crippen LogP contribution in [0.4, 0.5) is 0 Å². The van der Waals surface area contributed by atoms with Gasteiger partial charge in [-0.3, -0.25) is 0 Å². The minimum atomic E-state index is -2.66. The third-order valence-electron chi connectivity index (χ3n) is 4.20. The van der Waals surface area contributed by atoms with Crippen LogP contribution in [0.3, 0.4) is 0 Å². The van der Waals surface area contributed by atoms with Crippen LogP contribution in [0.5, 0.6) is 0 Å². The van der Waals surface area contributed by atoms with Gasteiger partial charge in [-0.25, -0.2) is 16.8 Å². The maximum absolute atomic E-state index is 10.4. The molecule has 0 aliphatic carbocycles. The number of halogens is 3. The zero-order valence-electron chi connectivity index (χ0n) is 20.3. The van der Waals surface area contributed by atoms with Gasteiger partial charge in [0, 0.05) is 28.0 Å². The highest BCUT2D eigenvalue weighted by atomic mass is 35.5. The van der Waals surface area contributed by atoms with Crippen LogP contribution in [0.1, 0.15) is 38.8 Å². The Labute approximate surface area is 225 Å². The van der Waals surface area contributed by atoms with Crippen molar-refractivity contribution in [3.63, 3.8) is 0 Å². The highest BCUT2D eigenvalue weighted by molar-refractivity contribution is 7.91. The van der Waals surface area contributed by atoms with Gasteiger partial charge in [0.2, 0.25) is 0 Å². The zero-order chi connectivity index (χ0) is 27.5. The standard InChI is InChI=1S/C8H5Cl2N.C8H6ClN.2C4H10O2S/c9-7-2-1-6(3-4-11)5-8(7)10;9-8-3-1-2-7(6-8)4-5-10;2*1-3-7(5,6)4-2/h1-2,5H,3H2;1-3,6H,4H2;2*3-4H2,1-2H3. The molecule has 0 N–H and O–H groups in total. The van der Waals surface area contributed by atoms with E-state index >= 15 is 0 Å². The number of benzene rings is 2. The van der Waals surface area contributed by atoms with E-state index in [9.17, 15) is 16.8 Å². The van der Waals surface area contributed by atoms with Crippen molar-refractivity contribution in [3.8, 4) is 12.1 Å². The molecule has 0 heterocycles. The molecular formula is C24H31Cl3N2O4S2. The van der Waals surface area contributed by atoms with Crippen molar-refractivity contribution in [1.29, 1.82) is 10.5 Å². The fourth-order valence-corrected chi connectivity index (χ4v) is 3.24. The predicted octanol–water partition coefficient (Wildman–Crippen LogP) is 6.35. The van der Waals surface area contributed by atoms with E-state index in [0.717, 1.165) is 11.1 Å². The quantitative estimate of drug-likeness (QED) is 0.392. The fourth-order valence-electron chi connectivity index (χ4n) is 1.89. The van der Waals surface area contributed by atoms with Crippen molar-refractivity contribution in [2.75, 3.05) is 23.0 Å². The van der Waals surface area contributed by atoms with Gasteiger partial charge in [0.1, 0.15) is 19.7 Å². The van der Waals surface area contributed by atoms with Gasteiger partial charge in [-0.1, -0.05) is 80.7 Å². The van der Waals surface area contributed by atoms with E-state index in [1.807, 2.05) is 18.2 Å². The molecule has 2 aromatic carbocycles. The lowest BCUT2D eigenvalue weighted by atomic mass is 10.2. The van der Waals surface area contributed by atoms with Crippen LogP contribution in [0.25, 0.3) is 0 Å². The first kappa shape index (κ1) is 35.4. The molecule has 0 aliphatic rings. The van der Waals surface area contributed by atoms with E-state index in [0.29, 0.717) is 27.9 Å². The monoisotopic (exact) mass is 580 g/mol. The van der Waals surface area contributed by atoms with Crippen molar-refractivity contribution in [1.82, 2.24) is 0 Å². The summed E-state index contributed by atoms with van der Waals surface area (Å²) >= 11 is 17.0. The summed E-state index contributed by atoms with van der Waals surface area (Å²) in [7, 11) is -5.31. The Morgan fingerprint density at radius 2 is 1.09 bits per heavy atom. The number of nitrogens with zero attached hydrogens (tertiary/aromatic N) is 2. The maximum atomic E-state index is 10.4. The van der Waals surface area contributed by atoms with Gasteiger partial charge >= 0.3 is 0 Å². The lowest BCUT2D eigenvalue weighted by Gasteiger charge is -1.96. The third-order valence-corrected chi connectivity index (χ3v) is 8.69. The second-order valence-electron chi connectivity index (χ2n) is 6.69. The molecule has 194 valence electrons. The number of rotatable bonds is 6. The van der Waals surface area contributed by atoms with E-state index in [2.05, 4.69) is 6.07 Å². The molecule has 2 aromatic rings. The van der Waals surface area contributed by atoms with Crippen LogP contribution in [-0.4, -0.2) is 39.8 Å². The zero-order valence-corrected chi connectivity index (χ0v) is 24.2. The molecular weight excluding hydrogens is 551 g/mol. The third kappa shape index (κ3) is 19.1. The molecule has 0 saturated heterocycles. The number of hydrogen-bond donors (Lipinski definition) is 0. The average Bonchev–Trinajstić information content (AvgIpc) is 2.83. The molecule has 0 aliphatic heterocycles. The van der Waals surface area contributed by atoms with Gasteiger partial charge in [-0.05, 0) is 35.4 Å². The van der Waals surface area contributed by atoms with E-state index in [1.165, 1.54) is 0 Å². The Balaban J connectivity index is 0. The smallest absolute Gasteiger partial charge is 0.149 e. The molecule has 35 heavy (non-hydrogen) atoms. The Morgan fingerprint density at radius 3 is 1.40 bits per heavy atom. The van der Waals surface area contributed by atoms with Crippen LogP contribution in [0.15, 0.2) is 42.5 Å². The SMILES string of the molecule is CCS(=O)(=O)CC.CCS(=O)(=O)CC.N#CCc1ccc(Cl)c(Cl)c1.N#CCc1cccc(Cl)c1. The van der Waals surface area contributed by atoms with Crippen LogP contribution >= 0.6 is 34.8 Å². The van der Waals surface area contributed by atoms with E-state index in [4.69, 9.17) is 45.3 Å². The molecule has 0 saturated carbocycles. The van der Waals surface area contributed by atoms with Gasteiger partial charge in [-0.2, -0.15) is 10.5 Å². The molecule has 0 amide bonds. The van der Waals surface area contributed by atoms with Gasteiger partial charge in [0.25, 0.3) is 0 Å². The topological polar surface area (TPSA) is 116 Å². The second kappa shape index (κ2) is 19.4. The van der Waals surface area contributed by atoms with Crippen LogP contribution in [0, 0.1) is 22.7 Å². The van der Waals surface area contributed by atoms with Crippen molar-refractivity contribution in [2.24, 2.45) is 0 Å². The van der Waals surface area contributed by atoms with Gasteiger partial charge in [0.05, 0.1) is 35.0 Å². The Hall–Kier alpha value is -1.81. The summed E-state index contributed by atoms with van der Waals surface area (Å²) in [6.07, 6.45) is 0.803. The van der Waals surface area contributed by atoms with E-state index in [-0.39, 0.29) is 23.0 Å². The summed E-state index contributed by atoms with van der Waals surface area (Å²) in [5.41, 5.74) is 1.86. The second-order valence-corrected chi connectivity index (χ2v) is 13.2. The predicted molar refractivity (Wildman–Crippen MR) is 147 cm³/mol. The minimum Gasteiger partial charge on any atom is -0.229 e. The van der Waals surface area contributed by atoms with Gasteiger partial charge < -0.3 is 0 Å². The summed E-state index contributed by atoms with van der Waals surface area (Å²) in [4.78, 5) is 0. The summed E-state index contributed by atoms with van der Waals surface area (Å²) < 4.78 is 41.5. The molecule has 0 radical (unpaired) electrons. The van der Waals surface area contributed by atoms with Crippen molar-refractivity contribution >= 4 is 54.5 Å². The highest BCUT2D eigenvalue weighted by Gasteiger charge is 2.00. The molecule has 0 bridgehead atoms. The Bertz CT molecular complexity index is 1130. The van der Waals surface area contributed by atoms with Crippen molar-refractivity contribution in [2.45, 2.75) is 40.5 Å². The van der Waals surface area contributed by atoms with Crippen molar-refractivity contribution < 1.29 is 16.8 Å². The van der Waals surface area contributed by atoms with Crippen LogP contribution in [-0.2, 0) is 32.5 Å². The maximum Gasteiger partial charge on any atom is 0.149 e. The molecule has 11 heteroatoms. The molecule has 0 atom stereocenters. The number of hydrogen-bond acceptors (Lipinski definition) is 6. The molecule has 0 aromatic heterocycles. The van der Waals surface area contributed by atoms with E-state index < -0.39 is 19.7 Å². The van der Waals surface area contributed by atoms with Crippen molar-refractivity contribution in [3.05, 3.63) is 68.7 Å². The average molecular weight is 582 g/mol. The number of sulfone groups is 2. The first-order valence-electron chi connectivity index (χ1n) is 10.6. The molecule has 6 nitrogen and oxygen atoms in total. The first-order chi connectivity index (χ1) is 16.3. The lowest BCUT2D eigenvalue weighted by Crippen LogP contribution is -2.04. The summed E-state index contributed by atoms with van der Waals surface area (Å²) in [6.45, 7) is 6.61. The summed E-state index contributed by atoms with van der Waals surface area (Å²) in [5, 5.41) is 18.4. The van der Waals surface area contributed by atoms with Crippen LogP contribution in [0.2, 0.25) is 15.1 Å². The minimum absolute atomic E-state index is 0.267. The molecule has 2 rings (SSSR count). The van der Waals surface area contributed by atoms with E-state index in [1.54, 1.807) is 58.0 Å².